The molecular weight excluding hydrogens is 357 g/mol. The average molecular weight is 378 g/mol. The Hall–Kier alpha value is -2.49. The molecule has 3 N–H and O–H groups in total. The van der Waals surface area contributed by atoms with Crippen molar-refractivity contribution in [1.82, 2.24) is 10.6 Å². The zero-order valence-corrected chi connectivity index (χ0v) is 14.1. The lowest BCUT2D eigenvalue weighted by molar-refractivity contribution is -0.137. The molecule has 1 atom stereocenters. The van der Waals surface area contributed by atoms with Gasteiger partial charge in [-0.25, -0.2) is 4.79 Å². The molecule has 1 aromatic rings. The van der Waals surface area contributed by atoms with E-state index in [1.165, 1.54) is 0 Å². The second kappa shape index (κ2) is 10.5. The van der Waals surface area contributed by atoms with E-state index >= 15 is 0 Å². The zero-order valence-electron chi connectivity index (χ0n) is 14.1. The van der Waals surface area contributed by atoms with Crippen LogP contribution < -0.4 is 15.4 Å². The van der Waals surface area contributed by atoms with Gasteiger partial charge in [0.1, 0.15) is 18.5 Å². The maximum atomic E-state index is 12.4. The van der Waals surface area contributed by atoms with E-state index in [2.05, 4.69) is 15.4 Å². The summed E-state index contributed by atoms with van der Waals surface area (Å²) >= 11 is 0. The van der Waals surface area contributed by atoms with Crippen molar-refractivity contribution in [3.63, 3.8) is 0 Å². The topological polar surface area (TPSA) is 96.9 Å². The Bertz CT molecular complexity index is 578. The summed E-state index contributed by atoms with van der Waals surface area (Å²) < 4.78 is 47.1. The number of nitrogens with one attached hydrogen (secondary N) is 2. The van der Waals surface area contributed by atoms with Crippen molar-refractivity contribution >= 4 is 12.0 Å². The van der Waals surface area contributed by atoms with Gasteiger partial charge in [-0.15, -0.1) is 0 Å². The van der Waals surface area contributed by atoms with Gasteiger partial charge in [-0.2, -0.15) is 13.2 Å². The summed E-state index contributed by atoms with van der Waals surface area (Å²) in [4.78, 5) is 22.5. The minimum absolute atomic E-state index is 0.00525. The molecule has 0 aliphatic carbocycles. The van der Waals surface area contributed by atoms with Crippen LogP contribution in [0.4, 0.5) is 18.0 Å². The highest BCUT2D eigenvalue weighted by Gasteiger charge is 2.30. The number of aliphatic hydroxyl groups is 1. The van der Waals surface area contributed by atoms with E-state index < -0.39 is 29.8 Å². The number of hydrogen-bond acceptors (Lipinski definition) is 5. The third-order valence-electron chi connectivity index (χ3n) is 3.06. The van der Waals surface area contributed by atoms with E-state index in [-0.39, 0.29) is 38.5 Å². The smallest absolute Gasteiger partial charge is 0.416 e. The van der Waals surface area contributed by atoms with Crippen LogP contribution in [0.5, 0.6) is 5.75 Å². The monoisotopic (exact) mass is 378 g/mol. The van der Waals surface area contributed by atoms with Crippen LogP contribution in [-0.4, -0.2) is 49.5 Å². The van der Waals surface area contributed by atoms with Gasteiger partial charge in [0.05, 0.1) is 12.2 Å². The van der Waals surface area contributed by atoms with Crippen molar-refractivity contribution in [1.29, 1.82) is 0 Å². The first-order chi connectivity index (χ1) is 12.2. The van der Waals surface area contributed by atoms with Gasteiger partial charge < -0.3 is 25.2 Å². The Labute approximate surface area is 148 Å². The van der Waals surface area contributed by atoms with E-state index in [9.17, 15) is 27.9 Å². The minimum Gasteiger partial charge on any atom is -0.491 e. The summed E-state index contributed by atoms with van der Waals surface area (Å²) in [6.45, 7) is 1.66. The van der Waals surface area contributed by atoms with Gasteiger partial charge in [0.2, 0.25) is 5.91 Å². The number of alkyl halides is 3. The molecule has 0 aromatic heterocycles. The number of alkyl carbamates (subject to hydrolysis) is 1. The van der Waals surface area contributed by atoms with Gasteiger partial charge >= 0.3 is 12.3 Å². The molecule has 0 aliphatic rings. The molecule has 0 bridgehead atoms. The summed E-state index contributed by atoms with van der Waals surface area (Å²) in [7, 11) is 0. The summed E-state index contributed by atoms with van der Waals surface area (Å²) in [6.07, 6.45) is -6.08. The maximum Gasteiger partial charge on any atom is 0.416 e. The Morgan fingerprint density at radius 2 is 1.85 bits per heavy atom. The first-order valence-electron chi connectivity index (χ1n) is 7.87. The first-order valence-corrected chi connectivity index (χ1v) is 7.87. The van der Waals surface area contributed by atoms with Crippen LogP contribution in [0.15, 0.2) is 24.3 Å². The predicted molar refractivity (Wildman–Crippen MR) is 85.6 cm³/mol. The number of rotatable bonds is 9. The van der Waals surface area contributed by atoms with E-state index in [4.69, 9.17) is 4.74 Å². The van der Waals surface area contributed by atoms with Crippen molar-refractivity contribution in [3.05, 3.63) is 29.8 Å². The lowest BCUT2D eigenvalue weighted by Crippen LogP contribution is -2.37. The number of benzene rings is 1. The molecule has 0 saturated heterocycles. The number of halogens is 3. The molecule has 1 unspecified atom stereocenters. The van der Waals surface area contributed by atoms with E-state index in [0.29, 0.717) is 0 Å². The molecule has 0 aliphatic heterocycles. The SMILES string of the molecule is CCOC(=O)NCCC(=O)NCC(O)COc1ccc(C(F)(F)F)cc1. The molecule has 7 nitrogen and oxygen atoms in total. The fourth-order valence-electron chi connectivity index (χ4n) is 1.77. The third-order valence-corrected chi connectivity index (χ3v) is 3.06. The van der Waals surface area contributed by atoms with E-state index in [1.54, 1.807) is 6.92 Å². The quantitative estimate of drug-likeness (QED) is 0.608. The normalized spacial score (nSPS) is 12.2. The predicted octanol–water partition coefficient (Wildman–Crippen LogP) is 1.70. The number of carbonyl (C=O) groups is 2. The maximum absolute atomic E-state index is 12.4. The molecule has 0 saturated carbocycles. The Kier molecular flexibility index (Phi) is 8.70. The number of ether oxygens (including phenoxy) is 2. The summed E-state index contributed by atoms with van der Waals surface area (Å²) in [6, 6.07) is 4.05. The van der Waals surface area contributed by atoms with E-state index in [0.717, 1.165) is 24.3 Å². The third kappa shape index (κ3) is 8.56. The second-order valence-corrected chi connectivity index (χ2v) is 5.19. The fraction of sp³-hybridized carbons (Fsp3) is 0.500. The number of aliphatic hydroxyl groups excluding tert-OH is 1. The van der Waals surface area contributed by atoms with Gasteiger partial charge in [-0.3, -0.25) is 4.79 Å². The highest BCUT2D eigenvalue weighted by Crippen LogP contribution is 2.30. The van der Waals surface area contributed by atoms with Crippen LogP contribution in [-0.2, 0) is 15.7 Å². The molecule has 26 heavy (non-hydrogen) atoms. The first kappa shape index (κ1) is 21.6. The highest BCUT2D eigenvalue weighted by atomic mass is 19.4. The Balaban J connectivity index is 2.22. The lowest BCUT2D eigenvalue weighted by atomic mass is 10.2. The van der Waals surface area contributed by atoms with Gasteiger partial charge in [0.15, 0.2) is 0 Å². The number of amides is 2. The summed E-state index contributed by atoms with van der Waals surface area (Å²) in [5.74, 6) is -0.225. The zero-order chi connectivity index (χ0) is 19.6. The molecule has 1 aromatic carbocycles. The van der Waals surface area contributed by atoms with Gasteiger partial charge in [-0.05, 0) is 31.2 Å². The van der Waals surface area contributed by atoms with Crippen molar-refractivity contribution < 1.29 is 37.3 Å². The molecule has 1 rings (SSSR count). The van der Waals surface area contributed by atoms with Crippen LogP contribution in [0.2, 0.25) is 0 Å². The molecule has 0 fully saturated rings. The minimum atomic E-state index is -4.43. The van der Waals surface area contributed by atoms with Crippen molar-refractivity contribution in [2.75, 3.05) is 26.3 Å². The summed E-state index contributed by atoms with van der Waals surface area (Å²) in [5.41, 5.74) is -0.797. The van der Waals surface area contributed by atoms with Crippen LogP contribution >= 0.6 is 0 Å². The molecule has 0 heterocycles. The molecular formula is C16H21F3N2O5. The molecule has 10 heteroatoms. The van der Waals surface area contributed by atoms with Crippen molar-refractivity contribution in [2.45, 2.75) is 25.6 Å². The molecule has 2 amide bonds. The van der Waals surface area contributed by atoms with Crippen LogP contribution in [0.3, 0.4) is 0 Å². The van der Waals surface area contributed by atoms with Gasteiger partial charge in [0, 0.05) is 19.5 Å². The summed E-state index contributed by atoms with van der Waals surface area (Å²) in [5, 5.41) is 14.5. The molecule has 146 valence electrons. The fourth-order valence-corrected chi connectivity index (χ4v) is 1.77. The van der Waals surface area contributed by atoms with E-state index in [1.807, 2.05) is 0 Å². The van der Waals surface area contributed by atoms with Crippen molar-refractivity contribution in [2.24, 2.45) is 0 Å². The number of hydrogen-bond donors (Lipinski definition) is 3. The molecule has 0 spiro atoms. The number of carbonyl (C=O) groups excluding carboxylic acids is 2. The lowest BCUT2D eigenvalue weighted by Gasteiger charge is -2.14. The Morgan fingerprint density at radius 3 is 2.42 bits per heavy atom. The van der Waals surface area contributed by atoms with Gasteiger partial charge in [0.25, 0.3) is 0 Å². The van der Waals surface area contributed by atoms with Gasteiger partial charge in [-0.1, -0.05) is 0 Å². The average Bonchev–Trinajstić information content (AvgIpc) is 2.58. The van der Waals surface area contributed by atoms with Crippen LogP contribution in [0.25, 0.3) is 0 Å². The van der Waals surface area contributed by atoms with Crippen LogP contribution in [0, 0.1) is 0 Å². The Morgan fingerprint density at radius 1 is 1.19 bits per heavy atom. The second-order valence-electron chi connectivity index (χ2n) is 5.19. The van der Waals surface area contributed by atoms with Crippen LogP contribution in [0.1, 0.15) is 18.9 Å². The van der Waals surface area contributed by atoms with Crippen molar-refractivity contribution in [3.8, 4) is 5.75 Å². The standard InChI is InChI=1S/C16H21F3N2O5/c1-2-25-15(24)20-8-7-14(23)21-9-12(22)10-26-13-5-3-11(4-6-13)16(17,18)19/h3-6,12,22H,2,7-10H2,1H3,(H,20,24)(H,21,23). The highest BCUT2D eigenvalue weighted by molar-refractivity contribution is 5.77. The largest absolute Gasteiger partial charge is 0.491 e. The molecule has 0 radical (unpaired) electrons.